The van der Waals surface area contributed by atoms with Crippen molar-refractivity contribution >= 4 is 37.7 Å². The summed E-state index contributed by atoms with van der Waals surface area (Å²) >= 11 is 3.81. The Morgan fingerprint density at radius 3 is 1.75 bits per heavy atom. The quantitative estimate of drug-likeness (QED) is 0.190. The maximum atomic E-state index is 5.07. The number of benzene rings is 5. The zero-order valence-corrected chi connectivity index (χ0v) is 25.2. The molecule has 8 rings (SSSR count). The number of hydrogen-bond acceptors (Lipinski definition) is 3. The van der Waals surface area contributed by atoms with E-state index in [0.29, 0.717) is 5.82 Å². The van der Waals surface area contributed by atoms with Crippen molar-refractivity contribution in [3.05, 3.63) is 156 Å². The number of halogens is 1. The molecule has 3 aromatic heterocycles. The highest BCUT2D eigenvalue weighted by Crippen LogP contribution is 2.36. The Bertz CT molecular complexity index is 2220. The zero-order chi connectivity index (χ0) is 29.5. The van der Waals surface area contributed by atoms with Crippen LogP contribution in [0, 0.1) is 0 Å². The molecule has 0 bridgehead atoms. The fraction of sp³-hybridized carbons (Fsp3) is 0. The van der Waals surface area contributed by atoms with E-state index in [-0.39, 0.29) is 0 Å². The first-order valence-electron chi connectivity index (χ1n) is 14.5. The summed E-state index contributed by atoms with van der Waals surface area (Å²) in [6, 6.07) is 48.6. The van der Waals surface area contributed by atoms with Crippen molar-refractivity contribution in [1.29, 1.82) is 0 Å². The Morgan fingerprint density at radius 2 is 1.07 bits per heavy atom. The molecule has 0 radical (unpaired) electrons. The molecule has 8 aromatic rings. The summed E-state index contributed by atoms with van der Waals surface area (Å²) in [5.41, 5.74) is 10.3. The third-order valence-electron chi connectivity index (χ3n) is 7.95. The van der Waals surface area contributed by atoms with Gasteiger partial charge in [-0.2, -0.15) is 0 Å². The van der Waals surface area contributed by atoms with Gasteiger partial charge < -0.3 is 4.57 Å². The average Bonchev–Trinajstić information content (AvgIpc) is 3.43. The molecule has 0 saturated carbocycles. The lowest BCUT2D eigenvalue weighted by molar-refractivity contribution is 1.16. The fourth-order valence-electron chi connectivity index (χ4n) is 5.88. The highest BCUT2D eigenvalue weighted by Gasteiger charge is 2.16. The number of para-hydroxylation sites is 2. The molecular weight excluding hydrogens is 604 g/mol. The summed E-state index contributed by atoms with van der Waals surface area (Å²) in [7, 11) is 0. The molecule has 0 atom stereocenters. The molecule has 0 fully saturated rings. The largest absolute Gasteiger partial charge is 0.309 e. The maximum absolute atomic E-state index is 5.07. The van der Waals surface area contributed by atoms with Crippen molar-refractivity contribution in [3.63, 3.8) is 0 Å². The average molecular weight is 630 g/mol. The van der Waals surface area contributed by atoms with E-state index < -0.39 is 0 Å². The van der Waals surface area contributed by atoms with Crippen LogP contribution >= 0.6 is 15.9 Å². The van der Waals surface area contributed by atoms with Gasteiger partial charge in [0, 0.05) is 50.0 Å². The van der Waals surface area contributed by atoms with Crippen LogP contribution in [0.5, 0.6) is 0 Å². The van der Waals surface area contributed by atoms with Crippen LogP contribution in [0.25, 0.3) is 72.5 Å². The Morgan fingerprint density at radius 1 is 0.477 bits per heavy atom. The van der Waals surface area contributed by atoms with E-state index in [9.17, 15) is 0 Å². The number of nitrogens with zero attached hydrogens (tertiary/aromatic N) is 4. The Hall–Kier alpha value is -5.39. The van der Waals surface area contributed by atoms with Crippen LogP contribution in [-0.2, 0) is 0 Å². The van der Waals surface area contributed by atoms with Gasteiger partial charge in [-0.15, -0.1) is 0 Å². The zero-order valence-electron chi connectivity index (χ0n) is 23.6. The molecule has 0 spiro atoms. The molecule has 0 saturated heterocycles. The summed E-state index contributed by atoms with van der Waals surface area (Å²) in [6.07, 6.45) is 3.58. The molecule has 0 amide bonds. The summed E-state index contributed by atoms with van der Waals surface area (Å²) in [4.78, 5) is 14.4. The van der Waals surface area contributed by atoms with Gasteiger partial charge in [0.25, 0.3) is 0 Å². The predicted octanol–water partition coefficient (Wildman–Crippen LogP) is 10.4. The van der Waals surface area contributed by atoms with Crippen LogP contribution in [0.2, 0.25) is 0 Å². The van der Waals surface area contributed by atoms with Crippen molar-refractivity contribution in [2.24, 2.45) is 0 Å². The highest BCUT2D eigenvalue weighted by atomic mass is 79.9. The molecule has 0 aliphatic heterocycles. The van der Waals surface area contributed by atoms with Crippen LogP contribution in [-0.4, -0.2) is 19.5 Å². The molecule has 4 nitrogen and oxygen atoms in total. The van der Waals surface area contributed by atoms with Crippen molar-refractivity contribution in [2.45, 2.75) is 0 Å². The first-order valence-corrected chi connectivity index (χ1v) is 15.3. The lowest BCUT2D eigenvalue weighted by atomic mass is 10.0. The summed E-state index contributed by atoms with van der Waals surface area (Å²) in [5.74, 6) is 0.635. The minimum absolute atomic E-state index is 0.635. The second-order valence-corrected chi connectivity index (χ2v) is 11.6. The van der Waals surface area contributed by atoms with Gasteiger partial charge in [0.05, 0.1) is 22.4 Å². The van der Waals surface area contributed by atoms with Gasteiger partial charge in [0.15, 0.2) is 5.82 Å². The second kappa shape index (κ2) is 11.0. The lowest BCUT2D eigenvalue weighted by Crippen LogP contribution is -1.98. The molecule has 5 aromatic carbocycles. The summed E-state index contributed by atoms with van der Waals surface area (Å²) in [6.45, 7) is 0. The fourth-order valence-corrected chi connectivity index (χ4v) is 6.36. The molecule has 0 aliphatic carbocycles. The third kappa shape index (κ3) is 4.77. The summed E-state index contributed by atoms with van der Waals surface area (Å²) < 4.78 is 3.30. The van der Waals surface area contributed by atoms with E-state index in [1.54, 1.807) is 6.20 Å². The van der Waals surface area contributed by atoms with E-state index in [1.165, 1.54) is 21.9 Å². The SMILES string of the molecule is Brc1cc(-c2cc(-c3ccc(-c4ccccc4)cc3)nc(-c3cccnc3)n2)cc(-n2c3ccccc3c3ccccc32)c1. The minimum Gasteiger partial charge on any atom is -0.309 e. The second-order valence-electron chi connectivity index (χ2n) is 10.7. The van der Waals surface area contributed by atoms with E-state index >= 15 is 0 Å². The van der Waals surface area contributed by atoms with Gasteiger partial charge >= 0.3 is 0 Å². The van der Waals surface area contributed by atoms with E-state index in [1.807, 2.05) is 24.4 Å². The van der Waals surface area contributed by atoms with Gasteiger partial charge in [0.1, 0.15) is 0 Å². The Kier molecular flexibility index (Phi) is 6.58. The Labute approximate surface area is 263 Å². The summed E-state index contributed by atoms with van der Waals surface area (Å²) in [5, 5.41) is 2.46. The van der Waals surface area contributed by atoms with Gasteiger partial charge in [0.2, 0.25) is 0 Å². The predicted molar refractivity (Wildman–Crippen MR) is 184 cm³/mol. The lowest BCUT2D eigenvalue weighted by Gasteiger charge is -2.13. The van der Waals surface area contributed by atoms with Crippen LogP contribution in [0.1, 0.15) is 0 Å². The van der Waals surface area contributed by atoms with Gasteiger partial charge in [-0.25, -0.2) is 9.97 Å². The van der Waals surface area contributed by atoms with E-state index in [2.05, 4.69) is 147 Å². The maximum Gasteiger partial charge on any atom is 0.161 e. The number of pyridine rings is 1. The normalized spacial score (nSPS) is 11.3. The molecular formula is C39H25BrN4. The first-order chi connectivity index (χ1) is 21.7. The highest BCUT2D eigenvalue weighted by molar-refractivity contribution is 9.10. The van der Waals surface area contributed by atoms with E-state index in [0.717, 1.165) is 49.3 Å². The molecule has 208 valence electrons. The first kappa shape index (κ1) is 26.3. The number of aromatic nitrogens is 4. The van der Waals surface area contributed by atoms with Gasteiger partial charge in [-0.1, -0.05) is 107 Å². The molecule has 3 heterocycles. The van der Waals surface area contributed by atoms with Crippen LogP contribution in [0.15, 0.2) is 156 Å². The Balaban J connectivity index is 1.30. The van der Waals surface area contributed by atoms with Crippen molar-refractivity contribution in [2.75, 3.05) is 0 Å². The number of fused-ring (bicyclic) bond motifs is 3. The standard InChI is InChI=1S/C39H25BrN4/c40-31-21-30(22-32(23-31)44-37-14-6-4-12-33(37)34-13-5-7-15-38(34)44)36-24-35(42-39(43-36)29-11-8-20-41-25-29)28-18-16-27(17-19-28)26-9-2-1-3-10-26/h1-25H. The van der Waals surface area contributed by atoms with Crippen molar-refractivity contribution < 1.29 is 0 Å². The molecule has 0 N–H and O–H groups in total. The van der Waals surface area contributed by atoms with Crippen LogP contribution in [0.4, 0.5) is 0 Å². The smallest absolute Gasteiger partial charge is 0.161 e. The monoisotopic (exact) mass is 628 g/mol. The third-order valence-corrected chi connectivity index (χ3v) is 8.41. The molecule has 44 heavy (non-hydrogen) atoms. The topological polar surface area (TPSA) is 43.6 Å². The van der Waals surface area contributed by atoms with Crippen LogP contribution < -0.4 is 0 Å². The van der Waals surface area contributed by atoms with Crippen LogP contribution in [0.3, 0.4) is 0 Å². The van der Waals surface area contributed by atoms with Crippen molar-refractivity contribution in [1.82, 2.24) is 19.5 Å². The number of hydrogen-bond donors (Lipinski definition) is 0. The van der Waals surface area contributed by atoms with Gasteiger partial charge in [-0.3, -0.25) is 4.98 Å². The molecule has 0 aliphatic rings. The molecule has 5 heteroatoms. The minimum atomic E-state index is 0.635. The van der Waals surface area contributed by atoms with Crippen molar-refractivity contribution in [3.8, 4) is 50.7 Å². The molecule has 0 unspecified atom stereocenters. The van der Waals surface area contributed by atoms with Gasteiger partial charge in [-0.05, 0) is 59.7 Å². The number of rotatable bonds is 5. The van der Waals surface area contributed by atoms with E-state index in [4.69, 9.17) is 9.97 Å².